The summed E-state index contributed by atoms with van der Waals surface area (Å²) in [4.78, 5) is 12.2. The van der Waals surface area contributed by atoms with Crippen molar-refractivity contribution in [3.05, 3.63) is 41.5 Å². The standard InChI is InChI=1S/C13H16O4S/c1-3-17-12(15)13(2,16)9-11(14)18-10-7-5-4-6-8-10/h4-9,14,16H,3H2,1-2H3/b11-9+. The van der Waals surface area contributed by atoms with Crippen LogP contribution in [0.4, 0.5) is 0 Å². The van der Waals surface area contributed by atoms with Gasteiger partial charge in [-0.2, -0.15) is 0 Å². The van der Waals surface area contributed by atoms with Crippen LogP contribution in [0, 0.1) is 0 Å². The van der Waals surface area contributed by atoms with Gasteiger partial charge in [-0.25, -0.2) is 4.79 Å². The topological polar surface area (TPSA) is 66.8 Å². The molecule has 2 N–H and O–H groups in total. The van der Waals surface area contributed by atoms with Gasteiger partial charge in [0.2, 0.25) is 0 Å². The molecule has 5 heteroatoms. The van der Waals surface area contributed by atoms with Crippen LogP contribution in [0.1, 0.15) is 13.8 Å². The summed E-state index contributed by atoms with van der Waals surface area (Å²) in [6.45, 7) is 3.10. The fourth-order valence-electron chi connectivity index (χ4n) is 1.22. The molecule has 1 rings (SSSR count). The zero-order valence-corrected chi connectivity index (χ0v) is 11.1. The number of ether oxygens (including phenoxy) is 1. The van der Waals surface area contributed by atoms with Gasteiger partial charge >= 0.3 is 5.97 Å². The van der Waals surface area contributed by atoms with E-state index < -0.39 is 11.6 Å². The highest BCUT2D eigenvalue weighted by Crippen LogP contribution is 2.26. The molecule has 0 saturated carbocycles. The Bertz CT molecular complexity index is 426. The molecule has 0 aliphatic rings. The van der Waals surface area contributed by atoms with Gasteiger partial charge in [-0.15, -0.1) is 0 Å². The van der Waals surface area contributed by atoms with E-state index >= 15 is 0 Å². The minimum Gasteiger partial charge on any atom is -0.502 e. The number of aliphatic hydroxyl groups is 2. The zero-order chi connectivity index (χ0) is 13.6. The maximum Gasteiger partial charge on any atom is 0.342 e. The lowest BCUT2D eigenvalue weighted by Crippen LogP contribution is -2.35. The minimum absolute atomic E-state index is 0.153. The number of thioether (sulfide) groups is 1. The smallest absolute Gasteiger partial charge is 0.342 e. The third kappa shape index (κ3) is 4.43. The average molecular weight is 268 g/mol. The number of aliphatic hydroxyl groups excluding tert-OH is 1. The quantitative estimate of drug-likeness (QED) is 0.488. The van der Waals surface area contributed by atoms with Crippen molar-refractivity contribution < 1.29 is 19.7 Å². The van der Waals surface area contributed by atoms with E-state index in [0.717, 1.165) is 22.7 Å². The summed E-state index contributed by atoms with van der Waals surface area (Å²) >= 11 is 1.05. The second-order valence-electron chi connectivity index (χ2n) is 3.77. The Labute approximate surface area is 110 Å². The molecule has 0 aliphatic carbocycles. The van der Waals surface area contributed by atoms with Gasteiger partial charge in [0.05, 0.1) is 6.61 Å². The van der Waals surface area contributed by atoms with E-state index in [4.69, 9.17) is 4.74 Å². The van der Waals surface area contributed by atoms with Gasteiger partial charge in [0.1, 0.15) is 0 Å². The Kier molecular flexibility index (Phi) is 5.25. The maximum absolute atomic E-state index is 11.4. The lowest BCUT2D eigenvalue weighted by atomic mass is 10.1. The van der Waals surface area contributed by atoms with E-state index in [-0.39, 0.29) is 11.7 Å². The zero-order valence-electron chi connectivity index (χ0n) is 10.3. The number of carbonyl (C=O) groups excluding carboxylic acids is 1. The second kappa shape index (κ2) is 6.47. The largest absolute Gasteiger partial charge is 0.502 e. The van der Waals surface area contributed by atoms with E-state index in [1.165, 1.54) is 6.92 Å². The Morgan fingerprint density at radius 1 is 1.44 bits per heavy atom. The molecular weight excluding hydrogens is 252 g/mol. The molecule has 0 aromatic heterocycles. The summed E-state index contributed by atoms with van der Waals surface area (Å²) in [6, 6.07) is 9.15. The second-order valence-corrected chi connectivity index (χ2v) is 4.86. The van der Waals surface area contributed by atoms with E-state index in [2.05, 4.69) is 0 Å². The van der Waals surface area contributed by atoms with Crippen LogP contribution in [-0.4, -0.2) is 28.4 Å². The minimum atomic E-state index is -1.83. The van der Waals surface area contributed by atoms with Gasteiger partial charge in [-0.3, -0.25) is 0 Å². The van der Waals surface area contributed by atoms with Crippen LogP contribution in [0.5, 0.6) is 0 Å². The molecule has 0 radical (unpaired) electrons. The summed E-state index contributed by atoms with van der Waals surface area (Å²) in [7, 11) is 0. The van der Waals surface area contributed by atoms with Crippen molar-refractivity contribution in [1.29, 1.82) is 0 Å². The van der Waals surface area contributed by atoms with Crippen LogP contribution >= 0.6 is 11.8 Å². The van der Waals surface area contributed by atoms with Crippen LogP contribution in [0.15, 0.2) is 46.4 Å². The molecule has 0 saturated heterocycles. The Morgan fingerprint density at radius 3 is 2.61 bits per heavy atom. The first-order valence-electron chi connectivity index (χ1n) is 5.50. The highest BCUT2D eigenvalue weighted by molar-refractivity contribution is 8.02. The van der Waals surface area contributed by atoms with Crippen molar-refractivity contribution in [3.63, 3.8) is 0 Å². The van der Waals surface area contributed by atoms with Crippen LogP contribution in [0.3, 0.4) is 0 Å². The Morgan fingerprint density at radius 2 is 2.06 bits per heavy atom. The van der Waals surface area contributed by atoms with Crippen LogP contribution in [0.25, 0.3) is 0 Å². The van der Waals surface area contributed by atoms with Crippen molar-refractivity contribution in [1.82, 2.24) is 0 Å². The predicted molar refractivity (Wildman–Crippen MR) is 70.3 cm³/mol. The number of hydrogen-bond donors (Lipinski definition) is 2. The lowest BCUT2D eigenvalue weighted by Gasteiger charge is -2.17. The highest BCUT2D eigenvalue weighted by Gasteiger charge is 2.30. The van der Waals surface area contributed by atoms with E-state index in [1.807, 2.05) is 30.3 Å². The van der Waals surface area contributed by atoms with Crippen molar-refractivity contribution in [2.24, 2.45) is 0 Å². The van der Waals surface area contributed by atoms with E-state index in [9.17, 15) is 15.0 Å². The lowest BCUT2D eigenvalue weighted by molar-refractivity contribution is -0.158. The molecule has 0 aliphatic heterocycles. The van der Waals surface area contributed by atoms with Crippen LogP contribution in [-0.2, 0) is 9.53 Å². The molecule has 1 aromatic rings. The summed E-state index contributed by atoms with van der Waals surface area (Å²) in [6.07, 6.45) is 1.07. The van der Waals surface area contributed by atoms with Crippen LogP contribution < -0.4 is 0 Å². The molecule has 0 fully saturated rings. The molecule has 98 valence electrons. The van der Waals surface area contributed by atoms with Crippen molar-refractivity contribution in [3.8, 4) is 0 Å². The maximum atomic E-state index is 11.4. The highest BCUT2D eigenvalue weighted by atomic mass is 32.2. The van der Waals surface area contributed by atoms with E-state index in [1.54, 1.807) is 6.92 Å². The van der Waals surface area contributed by atoms with Crippen molar-refractivity contribution in [2.45, 2.75) is 24.3 Å². The van der Waals surface area contributed by atoms with Crippen LogP contribution in [0.2, 0.25) is 0 Å². The number of hydrogen-bond acceptors (Lipinski definition) is 5. The number of benzene rings is 1. The van der Waals surface area contributed by atoms with Gasteiger partial charge in [0, 0.05) is 11.0 Å². The number of carbonyl (C=O) groups is 1. The fourth-order valence-corrected chi connectivity index (χ4v) is 2.04. The third-order valence-electron chi connectivity index (χ3n) is 2.06. The van der Waals surface area contributed by atoms with Gasteiger partial charge < -0.3 is 14.9 Å². The molecule has 18 heavy (non-hydrogen) atoms. The number of rotatable bonds is 5. The van der Waals surface area contributed by atoms with Gasteiger partial charge in [-0.05, 0) is 26.0 Å². The summed E-state index contributed by atoms with van der Waals surface area (Å²) in [5.41, 5.74) is -1.83. The SMILES string of the molecule is CCOC(=O)C(C)(O)/C=C(\O)Sc1ccccc1. The molecule has 0 bridgehead atoms. The Balaban J connectivity index is 2.73. The summed E-state index contributed by atoms with van der Waals surface area (Å²) in [5, 5.41) is 19.4. The molecule has 4 nitrogen and oxygen atoms in total. The molecule has 1 aromatic carbocycles. The Hall–Kier alpha value is -1.46. The molecule has 0 amide bonds. The summed E-state index contributed by atoms with van der Waals surface area (Å²) in [5.74, 6) is -0.787. The normalized spacial score (nSPS) is 14.9. The molecule has 1 unspecified atom stereocenters. The first-order valence-corrected chi connectivity index (χ1v) is 6.31. The van der Waals surface area contributed by atoms with Gasteiger partial charge in [0.15, 0.2) is 10.7 Å². The molecular formula is C13H16O4S. The molecule has 0 spiro atoms. The molecule has 1 atom stereocenters. The number of esters is 1. The monoisotopic (exact) mass is 268 g/mol. The average Bonchev–Trinajstić information content (AvgIpc) is 2.29. The fraction of sp³-hybridized carbons (Fsp3) is 0.308. The van der Waals surface area contributed by atoms with E-state index in [0.29, 0.717) is 0 Å². The summed E-state index contributed by atoms with van der Waals surface area (Å²) < 4.78 is 4.70. The van der Waals surface area contributed by atoms with Gasteiger partial charge in [0.25, 0.3) is 0 Å². The third-order valence-corrected chi connectivity index (χ3v) is 2.89. The van der Waals surface area contributed by atoms with Crippen molar-refractivity contribution in [2.75, 3.05) is 6.61 Å². The first kappa shape index (κ1) is 14.6. The van der Waals surface area contributed by atoms with Crippen molar-refractivity contribution >= 4 is 17.7 Å². The first-order chi connectivity index (χ1) is 8.45. The molecule has 0 heterocycles. The predicted octanol–water partition coefficient (Wildman–Crippen LogP) is 2.49. The van der Waals surface area contributed by atoms with Gasteiger partial charge in [-0.1, -0.05) is 30.0 Å².